The summed E-state index contributed by atoms with van der Waals surface area (Å²) >= 11 is 1.60. The minimum Gasteiger partial charge on any atom is -0.357 e. The number of rotatable bonds is 3. The van der Waals surface area contributed by atoms with Crippen LogP contribution in [0, 0.1) is 0 Å². The normalized spacial score (nSPS) is 10.7. The maximum absolute atomic E-state index is 11.7. The van der Waals surface area contributed by atoms with E-state index in [9.17, 15) is 4.79 Å². The molecule has 0 spiro atoms. The van der Waals surface area contributed by atoms with Crippen molar-refractivity contribution in [3.63, 3.8) is 0 Å². The van der Waals surface area contributed by atoms with Gasteiger partial charge in [-0.05, 0) is 24.3 Å². The predicted molar refractivity (Wildman–Crippen MR) is 71.6 cm³/mol. The Hall–Kier alpha value is -2.14. The van der Waals surface area contributed by atoms with Crippen LogP contribution in [0.3, 0.4) is 0 Å². The lowest BCUT2D eigenvalue weighted by Crippen LogP contribution is -2.22. The molecule has 0 saturated carbocycles. The fraction of sp³-hybridized carbons (Fsp3) is 0.0769. The van der Waals surface area contributed by atoms with Gasteiger partial charge in [-0.15, -0.1) is 11.3 Å². The molecule has 0 fully saturated rings. The second kappa shape index (κ2) is 4.62. The van der Waals surface area contributed by atoms with Crippen LogP contribution in [0.4, 0.5) is 0 Å². The van der Waals surface area contributed by atoms with E-state index in [0.717, 1.165) is 15.2 Å². The SMILES string of the molecule is O=C(NCc1nc2ccccc2s1)c1ccc[nH]1. The first-order valence-electron chi connectivity index (χ1n) is 5.59. The topological polar surface area (TPSA) is 57.8 Å². The first-order valence-corrected chi connectivity index (χ1v) is 6.40. The zero-order chi connectivity index (χ0) is 12.4. The van der Waals surface area contributed by atoms with Crippen LogP contribution >= 0.6 is 11.3 Å². The van der Waals surface area contributed by atoms with Crippen LogP contribution in [-0.2, 0) is 6.54 Å². The van der Waals surface area contributed by atoms with E-state index >= 15 is 0 Å². The van der Waals surface area contributed by atoms with E-state index < -0.39 is 0 Å². The van der Waals surface area contributed by atoms with Crippen molar-refractivity contribution in [1.82, 2.24) is 15.3 Å². The minimum absolute atomic E-state index is 0.112. The molecule has 3 aromatic rings. The molecule has 0 atom stereocenters. The van der Waals surface area contributed by atoms with E-state index in [1.165, 1.54) is 0 Å². The Bertz CT molecular complexity index is 639. The monoisotopic (exact) mass is 257 g/mol. The van der Waals surface area contributed by atoms with Crippen LogP contribution < -0.4 is 5.32 Å². The number of benzene rings is 1. The Morgan fingerprint density at radius 1 is 1.28 bits per heavy atom. The summed E-state index contributed by atoms with van der Waals surface area (Å²) in [6, 6.07) is 11.5. The minimum atomic E-state index is -0.112. The summed E-state index contributed by atoms with van der Waals surface area (Å²) in [7, 11) is 0. The fourth-order valence-corrected chi connectivity index (χ4v) is 2.63. The number of hydrogen-bond acceptors (Lipinski definition) is 3. The zero-order valence-corrected chi connectivity index (χ0v) is 10.3. The van der Waals surface area contributed by atoms with Crippen molar-refractivity contribution in [2.75, 3.05) is 0 Å². The number of carbonyl (C=O) groups is 1. The van der Waals surface area contributed by atoms with E-state index in [4.69, 9.17) is 0 Å². The number of aromatic amines is 1. The highest BCUT2D eigenvalue weighted by molar-refractivity contribution is 7.18. The van der Waals surface area contributed by atoms with Crippen LogP contribution in [0.15, 0.2) is 42.6 Å². The molecule has 18 heavy (non-hydrogen) atoms. The van der Waals surface area contributed by atoms with Crippen LogP contribution in [-0.4, -0.2) is 15.9 Å². The molecule has 0 saturated heterocycles. The molecule has 2 N–H and O–H groups in total. The maximum Gasteiger partial charge on any atom is 0.268 e. The largest absolute Gasteiger partial charge is 0.357 e. The van der Waals surface area contributed by atoms with E-state index in [1.54, 1.807) is 29.7 Å². The highest BCUT2D eigenvalue weighted by atomic mass is 32.1. The molecule has 2 aromatic heterocycles. The summed E-state index contributed by atoms with van der Waals surface area (Å²) in [4.78, 5) is 19.1. The molecule has 90 valence electrons. The molecule has 0 unspecified atom stereocenters. The first kappa shape index (κ1) is 11.0. The van der Waals surface area contributed by atoms with Crippen LogP contribution in [0.2, 0.25) is 0 Å². The van der Waals surface area contributed by atoms with Gasteiger partial charge in [0.15, 0.2) is 0 Å². The first-order chi connectivity index (χ1) is 8.83. The Labute approximate surface area is 108 Å². The lowest BCUT2D eigenvalue weighted by atomic mass is 10.3. The van der Waals surface area contributed by atoms with Gasteiger partial charge < -0.3 is 10.3 Å². The summed E-state index contributed by atoms with van der Waals surface area (Å²) in [6.07, 6.45) is 1.73. The molecule has 0 radical (unpaired) electrons. The number of H-pyrrole nitrogens is 1. The average molecular weight is 257 g/mol. The van der Waals surface area contributed by atoms with Crippen molar-refractivity contribution < 1.29 is 4.79 Å². The van der Waals surface area contributed by atoms with Gasteiger partial charge in [0.05, 0.1) is 16.8 Å². The van der Waals surface area contributed by atoms with Crippen molar-refractivity contribution in [1.29, 1.82) is 0 Å². The third-order valence-corrected chi connectivity index (χ3v) is 3.62. The fourth-order valence-electron chi connectivity index (χ4n) is 1.72. The third-order valence-electron chi connectivity index (χ3n) is 2.58. The summed E-state index contributed by atoms with van der Waals surface area (Å²) in [5.41, 5.74) is 1.54. The average Bonchev–Trinajstić information content (AvgIpc) is 3.04. The molecule has 4 nitrogen and oxygen atoms in total. The number of nitrogens with one attached hydrogen (secondary N) is 2. The molecular weight excluding hydrogens is 246 g/mol. The van der Waals surface area contributed by atoms with Gasteiger partial charge in [0, 0.05) is 6.20 Å². The molecule has 0 aliphatic carbocycles. The number of aromatic nitrogens is 2. The second-order valence-corrected chi connectivity index (χ2v) is 4.96. The number of thiazole rings is 1. The third kappa shape index (κ3) is 2.12. The summed E-state index contributed by atoms with van der Waals surface area (Å²) in [5, 5.41) is 3.75. The lowest BCUT2D eigenvalue weighted by Gasteiger charge is -1.99. The van der Waals surface area contributed by atoms with E-state index in [0.29, 0.717) is 12.2 Å². The van der Waals surface area contributed by atoms with Gasteiger partial charge >= 0.3 is 0 Å². The standard InChI is InChI=1S/C13H11N3OS/c17-13(10-5-3-7-14-10)15-8-12-16-9-4-1-2-6-11(9)18-12/h1-7,14H,8H2,(H,15,17). The van der Waals surface area contributed by atoms with E-state index in [-0.39, 0.29) is 5.91 Å². The molecular formula is C13H11N3OS. The van der Waals surface area contributed by atoms with Crippen molar-refractivity contribution in [2.45, 2.75) is 6.54 Å². The van der Waals surface area contributed by atoms with Crippen molar-refractivity contribution in [3.05, 3.63) is 53.3 Å². The maximum atomic E-state index is 11.7. The Kier molecular flexibility index (Phi) is 2.82. The molecule has 0 aliphatic rings. The number of hydrogen-bond donors (Lipinski definition) is 2. The number of amides is 1. The van der Waals surface area contributed by atoms with Gasteiger partial charge in [-0.25, -0.2) is 4.98 Å². The number of carbonyl (C=O) groups excluding carboxylic acids is 1. The summed E-state index contributed by atoms with van der Waals surface area (Å²) < 4.78 is 1.14. The Balaban J connectivity index is 1.71. The van der Waals surface area contributed by atoms with Crippen LogP contribution in [0.1, 0.15) is 15.5 Å². The van der Waals surface area contributed by atoms with Gasteiger partial charge in [-0.2, -0.15) is 0 Å². The lowest BCUT2D eigenvalue weighted by molar-refractivity contribution is 0.0946. The van der Waals surface area contributed by atoms with Gasteiger partial charge in [-0.1, -0.05) is 12.1 Å². The molecule has 3 rings (SSSR count). The molecule has 0 bridgehead atoms. The van der Waals surface area contributed by atoms with Crippen LogP contribution in [0.5, 0.6) is 0 Å². The molecule has 5 heteroatoms. The summed E-state index contributed by atoms with van der Waals surface area (Å²) in [6.45, 7) is 0.456. The smallest absolute Gasteiger partial charge is 0.268 e. The van der Waals surface area contributed by atoms with Crippen molar-refractivity contribution in [2.24, 2.45) is 0 Å². The van der Waals surface area contributed by atoms with Crippen molar-refractivity contribution in [3.8, 4) is 0 Å². The van der Waals surface area contributed by atoms with Gasteiger partial charge in [0.1, 0.15) is 10.7 Å². The van der Waals surface area contributed by atoms with Crippen molar-refractivity contribution >= 4 is 27.5 Å². The van der Waals surface area contributed by atoms with E-state index in [2.05, 4.69) is 15.3 Å². The zero-order valence-electron chi connectivity index (χ0n) is 9.51. The molecule has 1 aromatic carbocycles. The van der Waals surface area contributed by atoms with Gasteiger partial charge in [0.25, 0.3) is 5.91 Å². The number of nitrogens with zero attached hydrogens (tertiary/aromatic N) is 1. The number of fused-ring (bicyclic) bond motifs is 1. The summed E-state index contributed by atoms with van der Waals surface area (Å²) in [5.74, 6) is -0.112. The van der Waals surface area contributed by atoms with Crippen LogP contribution in [0.25, 0.3) is 10.2 Å². The Morgan fingerprint density at radius 3 is 2.94 bits per heavy atom. The van der Waals surface area contributed by atoms with Gasteiger partial charge in [-0.3, -0.25) is 4.79 Å². The number of para-hydroxylation sites is 1. The highest BCUT2D eigenvalue weighted by Gasteiger charge is 2.07. The predicted octanol–water partition coefficient (Wildman–Crippen LogP) is 2.55. The molecule has 2 heterocycles. The Morgan fingerprint density at radius 2 is 2.17 bits per heavy atom. The quantitative estimate of drug-likeness (QED) is 0.757. The van der Waals surface area contributed by atoms with E-state index in [1.807, 2.05) is 24.3 Å². The molecule has 1 amide bonds. The molecule has 0 aliphatic heterocycles. The van der Waals surface area contributed by atoms with Gasteiger partial charge in [0.2, 0.25) is 0 Å². The highest BCUT2D eigenvalue weighted by Crippen LogP contribution is 2.21. The second-order valence-electron chi connectivity index (χ2n) is 3.84.